The minimum absolute atomic E-state index is 0.172. The average Bonchev–Trinajstić information content (AvgIpc) is 2.98. The quantitative estimate of drug-likeness (QED) is 0.663. The Labute approximate surface area is 90.2 Å². The van der Waals surface area contributed by atoms with E-state index >= 15 is 0 Å². The van der Waals surface area contributed by atoms with Gasteiger partial charge >= 0.3 is 0 Å². The van der Waals surface area contributed by atoms with Gasteiger partial charge in [-0.05, 0) is 37.0 Å². The maximum absolute atomic E-state index is 11.3. The van der Waals surface area contributed by atoms with Gasteiger partial charge in [0, 0.05) is 6.54 Å². The molecule has 4 heteroatoms. The molecule has 14 heavy (non-hydrogen) atoms. The highest BCUT2D eigenvalue weighted by Gasteiger charge is 2.21. The molecule has 1 aliphatic carbocycles. The second-order valence-corrected chi connectivity index (χ2v) is 5.13. The van der Waals surface area contributed by atoms with Crippen LogP contribution in [0, 0.1) is 11.8 Å². The molecule has 0 radical (unpaired) electrons. The van der Waals surface area contributed by atoms with Crippen molar-refractivity contribution in [2.24, 2.45) is 17.6 Å². The second kappa shape index (κ2) is 6.30. The van der Waals surface area contributed by atoms with Gasteiger partial charge in [0.1, 0.15) is 0 Å². The molecule has 1 saturated carbocycles. The first kappa shape index (κ1) is 11.9. The Morgan fingerprint density at radius 2 is 2.36 bits per heavy atom. The summed E-state index contributed by atoms with van der Waals surface area (Å²) in [7, 11) is 0. The van der Waals surface area contributed by atoms with Crippen LogP contribution in [0.1, 0.15) is 19.8 Å². The van der Waals surface area contributed by atoms with Gasteiger partial charge in [0.15, 0.2) is 0 Å². The number of thioether (sulfide) groups is 1. The summed E-state index contributed by atoms with van der Waals surface area (Å²) in [5.41, 5.74) is 5.48. The van der Waals surface area contributed by atoms with Crippen LogP contribution in [0.2, 0.25) is 0 Å². The zero-order valence-corrected chi connectivity index (χ0v) is 9.61. The normalized spacial score (nSPS) is 17.9. The molecule has 0 heterocycles. The number of nitrogens with one attached hydrogen (secondary N) is 1. The Morgan fingerprint density at radius 3 is 2.93 bits per heavy atom. The second-order valence-electron chi connectivity index (χ2n) is 4.10. The fourth-order valence-corrected chi connectivity index (χ4v) is 2.00. The van der Waals surface area contributed by atoms with E-state index in [4.69, 9.17) is 5.73 Å². The van der Waals surface area contributed by atoms with E-state index in [2.05, 4.69) is 12.2 Å². The molecule has 1 amide bonds. The van der Waals surface area contributed by atoms with Crippen LogP contribution < -0.4 is 11.1 Å². The maximum atomic E-state index is 11.3. The SMILES string of the molecule is CC(CN)CSCC(=O)NCC1CC1. The number of nitrogens with two attached hydrogens (primary N) is 1. The van der Waals surface area contributed by atoms with Crippen molar-refractivity contribution >= 4 is 17.7 Å². The van der Waals surface area contributed by atoms with Gasteiger partial charge in [0.05, 0.1) is 5.75 Å². The van der Waals surface area contributed by atoms with Gasteiger partial charge in [0.25, 0.3) is 0 Å². The Bertz CT molecular complexity index is 183. The lowest BCUT2D eigenvalue weighted by molar-refractivity contribution is -0.118. The minimum atomic E-state index is 0.172. The van der Waals surface area contributed by atoms with Crippen molar-refractivity contribution < 1.29 is 4.79 Å². The molecule has 1 atom stereocenters. The molecule has 0 bridgehead atoms. The summed E-state index contributed by atoms with van der Waals surface area (Å²) in [6, 6.07) is 0. The molecule has 82 valence electrons. The lowest BCUT2D eigenvalue weighted by atomic mass is 10.2. The first-order valence-corrected chi connectivity index (χ1v) is 6.42. The highest BCUT2D eigenvalue weighted by molar-refractivity contribution is 7.99. The average molecular weight is 216 g/mol. The van der Waals surface area contributed by atoms with Crippen molar-refractivity contribution in [2.75, 3.05) is 24.6 Å². The van der Waals surface area contributed by atoms with Crippen LogP contribution in [0.4, 0.5) is 0 Å². The van der Waals surface area contributed by atoms with Crippen LogP contribution >= 0.6 is 11.8 Å². The molecule has 1 rings (SSSR count). The predicted octanol–water partition coefficient (Wildman–Crippen LogP) is 0.841. The molecule has 0 saturated heterocycles. The summed E-state index contributed by atoms with van der Waals surface area (Å²) in [6.07, 6.45) is 2.58. The minimum Gasteiger partial charge on any atom is -0.355 e. The molecule has 3 N–H and O–H groups in total. The Morgan fingerprint density at radius 1 is 1.64 bits per heavy atom. The molecular weight excluding hydrogens is 196 g/mol. The van der Waals surface area contributed by atoms with Crippen LogP contribution in [0.5, 0.6) is 0 Å². The highest BCUT2D eigenvalue weighted by Crippen LogP contribution is 2.27. The molecule has 0 aromatic rings. The van der Waals surface area contributed by atoms with Crippen LogP contribution in [-0.2, 0) is 4.79 Å². The summed E-state index contributed by atoms with van der Waals surface area (Å²) in [5, 5.41) is 2.95. The fourth-order valence-electron chi connectivity index (χ4n) is 1.05. The summed E-state index contributed by atoms with van der Waals surface area (Å²) < 4.78 is 0. The van der Waals surface area contributed by atoms with Gasteiger partial charge in [-0.25, -0.2) is 0 Å². The first-order valence-electron chi connectivity index (χ1n) is 5.27. The van der Waals surface area contributed by atoms with Gasteiger partial charge in [-0.15, -0.1) is 0 Å². The standard InChI is InChI=1S/C10H20N2OS/c1-8(4-11)6-14-7-10(13)12-5-9-2-3-9/h8-9H,2-7,11H2,1H3,(H,12,13). The van der Waals surface area contributed by atoms with E-state index in [1.54, 1.807) is 11.8 Å². The monoisotopic (exact) mass is 216 g/mol. The van der Waals surface area contributed by atoms with E-state index in [-0.39, 0.29) is 5.91 Å². The third-order valence-electron chi connectivity index (χ3n) is 2.32. The summed E-state index contributed by atoms with van der Waals surface area (Å²) in [4.78, 5) is 11.3. The van der Waals surface area contributed by atoms with Gasteiger partial charge in [0.2, 0.25) is 5.91 Å². The van der Waals surface area contributed by atoms with Crippen LogP contribution in [0.25, 0.3) is 0 Å². The van der Waals surface area contributed by atoms with Crippen LogP contribution in [-0.4, -0.2) is 30.5 Å². The van der Waals surface area contributed by atoms with Crippen LogP contribution in [0.3, 0.4) is 0 Å². The molecule has 1 unspecified atom stereocenters. The third kappa shape index (κ3) is 5.50. The van der Waals surface area contributed by atoms with Crippen molar-refractivity contribution in [3.63, 3.8) is 0 Å². The van der Waals surface area contributed by atoms with Crippen molar-refractivity contribution in [3.8, 4) is 0 Å². The van der Waals surface area contributed by atoms with Gasteiger partial charge < -0.3 is 11.1 Å². The summed E-state index contributed by atoms with van der Waals surface area (Å²) in [5.74, 6) is 3.01. The zero-order chi connectivity index (χ0) is 10.4. The van der Waals surface area contributed by atoms with Gasteiger partial charge in [-0.3, -0.25) is 4.79 Å². The van der Waals surface area contributed by atoms with Gasteiger partial charge in [-0.1, -0.05) is 6.92 Å². The maximum Gasteiger partial charge on any atom is 0.230 e. The largest absolute Gasteiger partial charge is 0.355 e. The molecule has 0 aromatic carbocycles. The molecule has 0 aliphatic heterocycles. The van der Waals surface area contributed by atoms with Crippen molar-refractivity contribution in [1.82, 2.24) is 5.32 Å². The number of carbonyl (C=O) groups is 1. The van der Waals surface area contributed by atoms with E-state index < -0.39 is 0 Å². The first-order chi connectivity index (χ1) is 6.72. The Balaban J connectivity index is 1.91. The molecule has 1 fully saturated rings. The van der Waals surface area contributed by atoms with E-state index in [1.807, 2.05) is 0 Å². The predicted molar refractivity (Wildman–Crippen MR) is 61.3 cm³/mol. The van der Waals surface area contributed by atoms with Crippen LogP contribution in [0.15, 0.2) is 0 Å². The summed E-state index contributed by atoms with van der Waals surface area (Å²) >= 11 is 1.67. The fraction of sp³-hybridized carbons (Fsp3) is 0.900. The zero-order valence-electron chi connectivity index (χ0n) is 8.79. The number of hydrogen-bond donors (Lipinski definition) is 2. The lowest BCUT2D eigenvalue weighted by Gasteiger charge is -2.07. The van der Waals surface area contributed by atoms with E-state index in [9.17, 15) is 4.79 Å². The van der Waals surface area contributed by atoms with E-state index in [0.29, 0.717) is 18.2 Å². The van der Waals surface area contributed by atoms with Crippen molar-refractivity contribution in [2.45, 2.75) is 19.8 Å². The smallest absolute Gasteiger partial charge is 0.230 e. The Hall–Kier alpha value is -0.220. The lowest BCUT2D eigenvalue weighted by Crippen LogP contribution is -2.27. The molecule has 1 aliphatic rings. The Kier molecular flexibility index (Phi) is 5.33. The highest BCUT2D eigenvalue weighted by atomic mass is 32.2. The van der Waals surface area contributed by atoms with E-state index in [0.717, 1.165) is 18.2 Å². The molecule has 0 aromatic heterocycles. The van der Waals surface area contributed by atoms with Crippen molar-refractivity contribution in [1.29, 1.82) is 0 Å². The van der Waals surface area contributed by atoms with Gasteiger partial charge in [-0.2, -0.15) is 11.8 Å². The molecular formula is C10H20N2OS. The number of amides is 1. The molecule has 3 nitrogen and oxygen atoms in total. The third-order valence-corrected chi connectivity index (χ3v) is 3.59. The van der Waals surface area contributed by atoms with Crippen molar-refractivity contribution in [3.05, 3.63) is 0 Å². The summed E-state index contributed by atoms with van der Waals surface area (Å²) in [6.45, 7) is 3.69. The number of hydrogen-bond acceptors (Lipinski definition) is 3. The molecule has 0 spiro atoms. The topological polar surface area (TPSA) is 55.1 Å². The number of rotatable bonds is 7. The number of carbonyl (C=O) groups excluding carboxylic acids is 1. The van der Waals surface area contributed by atoms with E-state index in [1.165, 1.54) is 12.8 Å².